The average Bonchev–Trinajstić information content (AvgIpc) is 2.21. The van der Waals surface area contributed by atoms with Crippen LogP contribution in [0.5, 0.6) is 0 Å². The number of likely N-dealkylation sites (N-methyl/N-ethyl adjacent to an activating group) is 1. The van der Waals surface area contributed by atoms with Gasteiger partial charge in [-0.1, -0.05) is 13.5 Å². The Hall–Kier alpha value is -0.380. The molecule has 0 saturated carbocycles. The van der Waals surface area contributed by atoms with Crippen molar-refractivity contribution < 1.29 is 9.47 Å². The molecule has 0 aromatic carbocycles. The molecule has 0 heterocycles. The Balaban J connectivity index is 3.42. The molecule has 3 nitrogen and oxygen atoms in total. The Bertz CT molecular complexity index is 178. The van der Waals surface area contributed by atoms with Crippen LogP contribution in [0.1, 0.15) is 27.2 Å². The molecule has 0 aromatic heterocycles. The Morgan fingerprint density at radius 3 is 2.60 bits per heavy atom. The highest BCUT2D eigenvalue weighted by molar-refractivity contribution is 4.96. The van der Waals surface area contributed by atoms with Crippen molar-refractivity contribution in [2.24, 2.45) is 0 Å². The van der Waals surface area contributed by atoms with Crippen molar-refractivity contribution in [1.82, 2.24) is 5.32 Å². The molecular weight excluding hydrogens is 190 g/mol. The number of nitrogens with one attached hydrogen (secondary N) is 1. The van der Waals surface area contributed by atoms with Gasteiger partial charge in [0.25, 0.3) is 0 Å². The summed E-state index contributed by atoms with van der Waals surface area (Å²) in [7, 11) is 1.73. The fourth-order valence-corrected chi connectivity index (χ4v) is 0.989. The van der Waals surface area contributed by atoms with Crippen molar-refractivity contribution in [3.63, 3.8) is 0 Å². The maximum absolute atomic E-state index is 5.51. The van der Waals surface area contributed by atoms with Crippen molar-refractivity contribution in [3.8, 4) is 0 Å². The van der Waals surface area contributed by atoms with E-state index >= 15 is 0 Å². The monoisotopic (exact) mass is 215 g/mol. The zero-order valence-electron chi connectivity index (χ0n) is 10.6. The standard InChI is InChI=1S/C12H25NO2/c1-6-13-9-11(2)10-15-8-7-12(3,4)14-5/h13H,2,6-10H2,1,3-5H3. The van der Waals surface area contributed by atoms with Gasteiger partial charge in [-0.3, -0.25) is 0 Å². The molecule has 0 unspecified atom stereocenters. The van der Waals surface area contributed by atoms with Crippen molar-refractivity contribution in [2.45, 2.75) is 32.8 Å². The highest BCUT2D eigenvalue weighted by atomic mass is 16.5. The Labute approximate surface area is 93.8 Å². The van der Waals surface area contributed by atoms with Crippen LogP contribution in [0.4, 0.5) is 0 Å². The van der Waals surface area contributed by atoms with E-state index in [9.17, 15) is 0 Å². The van der Waals surface area contributed by atoms with E-state index < -0.39 is 0 Å². The number of hydrogen-bond donors (Lipinski definition) is 1. The van der Waals surface area contributed by atoms with Crippen molar-refractivity contribution >= 4 is 0 Å². The largest absolute Gasteiger partial charge is 0.379 e. The van der Waals surface area contributed by atoms with Crippen LogP contribution in [-0.4, -0.2) is 39.0 Å². The minimum Gasteiger partial charge on any atom is -0.379 e. The normalized spacial score (nSPS) is 11.7. The molecule has 0 aliphatic rings. The number of hydrogen-bond acceptors (Lipinski definition) is 3. The quantitative estimate of drug-likeness (QED) is 0.471. The van der Waals surface area contributed by atoms with Gasteiger partial charge in [0.2, 0.25) is 0 Å². The van der Waals surface area contributed by atoms with E-state index in [4.69, 9.17) is 9.47 Å². The van der Waals surface area contributed by atoms with E-state index in [-0.39, 0.29) is 5.60 Å². The Morgan fingerprint density at radius 2 is 2.07 bits per heavy atom. The molecule has 0 saturated heterocycles. The second kappa shape index (κ2) is 7.85. The molecule has 3 heteroatoms. The van der Waals surface area contributed by atoms with Gasteiger partial charge >= 0.3 is 0 Å². The van der Waals surface area contributed by atoms with Crippen molar-refractivity contribution in [2.75, 3.05) is 33.4 Å². The molecule has 0 aliphatic carbocycles. The van der Waals surface area contributed by atoms with Crippen LogP contribution in [0.25, 0.3) is 0 Å². The van der Waals surface area contributed by atoms with Crippen molar-refractivity contribution in [3.05, 3.63) is 12.2 Å². The van der Waals surface area contributed by atoms with Gasteiger partial charge in [0.15, 0.2) is 0 Å². The summed E-state index contributed by atoms with van der Waals surface area (Å²) in [6.07, 6.45) is 0.901. The first-order chi connectivity index (χ1) is 7.02. The van der Waals surface area contributed by atoms with Crippen LogP contribution in [0, 0.1) is 0 Å². The number of rotatable bonds is 9. The van der Waals surface area contributed by atoms with Gasteiger partial charge in [0.05, 0.1) is 12.2 Å². The second-order valence-corrected chi connectivity index (χ2v) is 4.30. The zero-order chi connectivity index (χ0) is 11.7. The van der Waals surface area contributed by atoms with E-state index in [1.165, 1.54) is 0 Å². The molecule has 90 valence electrons. The lowest BCUT2D eigenvalue weighted by atomic mass is 10.1. The fraction of sp³-hybridized carbons (Fsp3) is 0.833. The first-order valence-electron chi connectivity index (χ1n) is 5.52. The molecule has 0 radical (unpaired) electrons. The molecule has 0 bridgehead atoms. The average molecular weight is 215 g/mol. The predicted octanol–water partition coefficient (Wildman–Crippen LogP) is 1.98. The van der Waals surface area contributed by atoms with Gasteiger partial charge in [-0.25, -0.2) is 0 Å². The van der Waals surface area contributed by atoms with E-state index in [1.54, 1.807) is 7.11 Å². The lowest BCUT2D eigenvalue weighted by molar-refractivity contribution is -0.00725. The molecule has 0 aliphatic heterocycles. The summed E-state index contributed by atoms with van der Waals surface area (Å²) in [5.41, 5.74) is 0.996. The molecule has 1 N–H and O–H groups in total. The smallest absolute Gasteiger partial charge is 0.0686 e. The van der Waals surface area contributed by atoms with Gasteiger partial charge in [-0.15, -0.1) is 0 Å². The third-order valence-electron chi connectivity index (χ3n) is 2.33. The molecular formula is C12H25NO2. The summed E-state index contributed by atoms with van der Waals surface area (Å²) < 4.78 is 10.8. The molecule has 0 atom stereocenters. The SMILES string of the molecule is C=C(CNCC)COCCC(C)(C)OC. The number of ether oxygens (including phenoxy) is 2. The maximum atomic E-state index is 5.51. The van der Waals surface area contributed by atoms with E-state index in [2.05, 4.69) is 32.7 Å². The molecule has 0 rings (SSSR count). The molecule has 0 spiro atoms. The minimum absolute atomic E-state index is 0.0942. The van der Waals surface area contributed by atoms with Crippen LogP contribution in [0.3, 0.4) is 0 Å². The Morgan fingerprint density at radius 1 is 1.40 bits per heavy atom. The molecule has 15 heavy (non-hydrogen) atoms. The van der Waals surface area contributed by atoms with Crippen LogP contribution in [0.15, 0.2) is 12.2 Å². The predicted molar refractivity (Wildman–Crippen MR) is 64.2 cm³/mol. The minimum atomic E-state index is -0.0942. The third kappa shape index (κ3) is 8.60. The highest BCUT2D eigenvalue weighted by Crippen LogP contribution is 2.12. The van der Waals surface area contributed by atoms with Gasteiger partial charge in [-0.2, -0.15) is 0 Å². The third-order valence-corrected chi connectivity index (χ3v) is 2.33. The molecule has 0 fully saturated rings. The van der Waals surface area contributed by atoms with E-state index in [0.29, 0.717) is 13.2 Å². The topological polar surface area (TPSA) is 30.5 Å². The summed E-state index contributed by atoms with van der Waals surface area (Å²) in [4.78, 5) is 0. The summed E-state index contributed by atoms with van der Waals surface area (Å²) in [5.74, 6) is 0. The molecule has 0 amide bonds. The van der Waals surface area contributed by atoms with E-state index in [1.807, 2.05) is 0 Å². The second-order valence-electron chi connectivity index (χ2n) is 4.30. The van der Waals surface area contributed by atoms with Crippen LogP contribution < -0.4 is 5.32 Å². The lowest BCUT2D eigenvalue weighted by Gasteiger charge is -2.22. The first-order valence-corrected chi connectivity index (χ1v) is 5.52. The van der Waals surface area contributed by atoms with Crippen molar-refractivity contribution in [1.29, 1.82) is 0 Å². The maximum Gasteiger partial charge on any atom is 0.0686 e. The number of methoxy groups -OCH3 is 1. The molecule has 0 aromatic rings. The van der Waals surface area contributed by atoms with Gasteiger partial charge in [0, 0.05) is 20.3 Å². The summed E-state index contributed by atoms with van der Waals surface area (Å²) in [5, 5.41) is 3.21. The lowest BCUT2D eigenvalue weighted by Crippen LogP contribution is -2.25. The van der Waals surface area contributed by atoms with Crippen LogP contribution in [0.2, 0.25) is 0 Å². The summed E-state index contributed by atoms with van der Waals surface area (Å²) >= 11 is 0. The zero-order valence-corrected chi connectivity index (χ0v) is 10.6. The highest BCUT2D eigenvalue weighted by Gasteiger charge is 2.15. The summed E-state index contributed by atoms with van der Waals surface area (Å²) in [6, 6.07) is 0. The van der Waals surface area contributed by atoms with Crippen LogP contribution >= 0.6 is 0 Å². The summed E-state index contributed by atoms with van der Waals surface area (Å²) in [6.45, 7) is 13.3. The van der Waals surface area contributed by atoms with Gasteiger partial charge < -0.3 is 14.8 Å². The van der Waals surface area contributed by atoms with Gasteiger partial charge in [-0.05, 0) is 32.4 Å². The Kier molecular flexibility index (Phi) is 7.65. The van der Waals surface area contributed by atoms with Crippen LogP contribution in [-0.2, 0) is 9.47 Å². The fourth-order valence-electron chi connectivity index (χ4n) is 0.989. The van der Waals surface area contributed by atoms with E-state index in [0.717, 1.165) is 25.1 Å². The van der Waals surface area contributed by atoms with Gasteiger partial charge in [0.1, 0.15) is 0 Å². The first kappa shape index (κ1) is 14.6.